The number of carbonyl (C=O) groups excluding carboxylic acids is 3. The van der Waals surface area contributed by atoms with Gasteiger partial charge in [0.15, 0.2) is 5.82 Å². The lowest BCUT2D eigenvalue weighted by Crippen LogP contribution is -2.51. The van der Waals surface area contributed by atoms with Gasteiger partial charge in [-0.05, 0) is 54.1 Å². The number of aromatic nitrogens is 1. The SMILES string of the molecule is CC(=O)N(NCc1cccc(F)c1Cl)[C@@H](CCCNC(=O)NCCO)CON(C=O)c1cc2cc(F)ccc2cn1. The Morgan fingerprint density at radius 3 is 2.66 bits per heavy atom. The van der Waals surface area contributed by atoms with Crippen molar-refractivity contribution in [3.63, 3.8) is 0 Å². The first kappa shape index (κ1) is 31.6. The van der Waals surface area contributed by atoms with Gasteiger partial charge in [-0.1, -0.05) is 23.7 Å². The Hall–Kier alpha value is -3.91. The predicted molar refractivity (Wildman–Crippen MR) is 148 cm³/mol. The number of hydroxylamine groups is 1. The molecule has 2 aromatic carbocycles. The number of anilines is 1. The van der Waals surface area contributed by atoms with Gasteiger partial charge in [-0.15, -0.1) is 0 Å². The van der Waals surface area contributed by atoms with Crippen molar-refractivity contribution in [2.75, 3.05) is 31.4 Å². The van der Waals surface area contributed by atoms with Crippen molar-refractivity contribution in [2.24, 2.45) is 0 Å². The minimum atomic E-state index is -0.664. The number of amides is 4. The second-order valence-corrected chi connectivity index (χ2v) is 9.28. The van der Waals surface area contributed by atoms with Crippen LogP contribution in [0.5, 0.6) is 0 Å². The van der Waals surface area contributed by atoms with E-state index in [0.29, 0.717) is 35.6 Å². The minimum absolute atomic E-state index is 0.0175. The zero-order valence-corrected chi connectivity index (χ0v) is 23.0. The predicted octanol–water partition coefficient (Wildman–Crippen LogP) is 3.05. The van der Waals surface area contributed by atoms with E-state index in [1.54, 1.807) is 12.1 Å². The van der Waals surface area contributed by atoms with Crippen LogP contribution in [0, 0.1) is 11.6 Å². The molecule has 0 spiro atoms. The highest BCUT2D eigenvalue weighted by Crippen LogP contribution is 2.22. The highest BCUT2D eigenvalue weighted by atomic mass is 35.5. The van der Waals surface area contributed by atoms with E-state index in [-0.39, 0.29) is 43.7 Å². The first-order valence-corrected chi connectivity index (χ1v) is 13.1. The number of pyridine rings is 1. The number of halogens is 3. The Balaban J connectivity index is 1.74. The standard InChI is InChI=1S/C27H31ClF2N6O5/c1-18(39)36(34-15-20-4-2-6-24(30)26(20)28)23(5-3-9-31-27(40)32-10-11-37)16-41-35(17-38)25-13-21-12-22(29)8-7-19(21)14-33-25/h2,4,6-8,12-14,17,23,34,37H,3,5,9-11,15-16H2,1H3,(H2,31,32,40)/t23-/m0/s1. The molecule has 41 heavy (non-hydrogen) atoms. The maximum Gasteiger partial charge on any atom is 0.314 e. The van der Waals surface area contributed by atoms with Gasteiger partial charge >= 0.3 is 6.03 Å². The number of hydrogen-bond acceptors (Lipinski definition) is 7. The Morgan fingerprint density at radius 2 is 1.93 bits per heavy atom. The van der Waals surface area contributed by atoms with Gasteiger partial charge in [0, 0.05) is 38.1 Å². The number of aliphatic hydroxyl groups excluding tert-OH is 1. The van der Waals surface area contributed by atoms with Crippen molar-refractivity contribution in [1.29, 1.82) is 0 Å². The fraction of sp³-hybridized carbons (Fsp3) is 0.333. The third kappa shape index (κ3) is 9.32. The molecule has 0 unspecified atom stereocenters. The van der Waals surface area contributed by atoms with Gasteiger partial charge in [-0.3, -0.25) is 19.4 Å². The van der Waals surface area contributed by atoms with Gasteiger partial charge in [0.1, 0.15) is 11.6 Å². The van der Waals surface area contributed by atoms with Crippen molar-refractivity contribution in [3.8, 4) is 0 Å². The van der Waals surface area contributed by atoms with Crippen LogP contribution in [-0.2, 0) is 21.0 Å². The van der Waals surface area contributed by atoms with E-state index >= 15 is 0 Å². The van der Waals surface area contributed by atoms with Crippen molar-refractivity contribution < 1.29 is 33.1 Å². The smallest absolute Gasteiger partial charge is 0.314 e. The first-order chi connectivity index (χ1) is 19.7. The van der Waals surface area contributed by atoms with E-state index in [2.05, 4.69) is 21.0 Å². The average molecular weight is 593 g/mol. The number of rotatable bonds is 15. The molecule has 0 saturated carbocycles. The van der Waals surface area contributed by atoms with Crippen LogP contribution in [0.4, 0.5) is 19.4 Å². The summed E-state index contributed by atoms with van der Waals surface area (Å²) >= 11 is 6.06. The lowest BCUT2D eigenvalue weighted by molar-refractivity contribution is -0.137. The van der Waals surface area contributed by atoms with Crippen molar-refractivity contribution in [3.05, 3.63) is 70.9 Å². The lowest BCUT2D eigenvalue weighted by atomic mass is 10.1. The second kappa shape index (κ2) is 15.8. The monoisotopic (exact) mass is 592 g/mol. The van der Waals surface area contributed by atoms with Gasteiger partial charge in [-0.25, -0.2) is 24.0 Å². The largest absolute Gasteiger partial charge is 0.395 e. The van der Waals surface area contributed by atoms with Crippen LogP contribution in [0.1, 0.15) is 25.3 Å². The molecule has 4 N–H and O–H groups in total. The number of hydrazine groups is 1. The molecule has 4 amide bonds. The summed E-state index contributed by atoms with van der Waals surface area (Å²) in [5.74, 6) is -1.34. The number of nitrogens with one attached hydrogen (secondary N) is 3. The third-order valence-corrected chi connectivity index (χ3v) is 6.39. The third-order valence-electron chi connectivity index (χ3n) is 5.97. The van der Waals surface area contributed by atoms with Gasteiger partial charge in [0.05, 0.1) is 24.3 Å². The number of hydrogen-bond donors (Lipinski definition) is 4. The quantitative estimate of drug-likeness (QED) is 0.121. The van der Waals surface area contributed by atoms with E-state index in [4.69, 9.17) is 21.5 Å². The number of urea groups is 1. The summed E-state index contributed by atoms with van der Waals surface area (Å²) in [5, 5.41) is 17.2. The van der Waals surface area contributed by atoms with E-state index in [0.717, 1.165) is 5.06 Å². The van der Waals surface area contributed by atoms with Crippen LogP contribution >= 0.6 is 11.6 Å². The number of fused-ring (bicyclic) bond motifs is 1. The molecule has 0 bridgehead atoms. The minimum Gasteiger partial charge on any atom is -0.395 e. The molecule has 0 fully saturated rings. The second-order valence-electron chi connectivity index (χ2n) is 8.90. The van der Waals surface area contributed by atoms with Crippen LogP contribution in [0.3, 0.4) is 0 Å². The van der Waals surface area contributed by atoms with Crippen LogP contribution in [0.15, 0.2) is 48.7 Å². The zero-order valence-electron chi connectivity index (χ0n) is 22.3. The molecule has 1 heterocycles. The van der Waals surface area contributed by atoms with Gasteiger partial charge < -0.3 is 15.7 Å². The van der Waals surface area contributed by atoms with E-state index in [9.17, 15) is 23.2 Å². The molecule has 0 aliphatic carbocycles. The average Bonchev–Trinajstić information content (AvgIpc) is 2.95. The summed E-state index contributed by atoms with van der Waals surface area (Å²) in [4.78, 5) is 46.3. The molecule has 1 atom stereocenters. The first-order valence-electron chi connectivity index (χ1n) is 12.7. The molecular formula is C27H31ClF2N6O5. The van der Waals surface area contributed by atoms with Crippen LogP contribution < -0.4 is 21.1 Å². The van der Waals surface area contributed by atoms with E-state index < -0.39 is 29.6 Å². The maximum absolute atomic E-state index is 13.9. The van der Waals surface area contributed by atoms with Gasteiger partial charge in [-0.2, -0.15) is 5.06 Å². The molecule has 220 valence electrons. The highest BCUT2D eigenvalue weighted by Gasteiger charge is 2.24. The number of aliphatic hydroxyl groups is 1. The molecule has 0 radical (unpaired) electrons. The van der Waals surface area contributed by atoms with E-state index in [1.807, 2.05) is 0 Å². The van der Waals surface area contributed by atoms with Crippen LogP contribution in [0.2, 0.25) is 5.02 Å². The normalized spacial score (nSPS) is 11.6. The number of nitrogens with zero attached hydrogens (tertiary/aromatic N) is 3. The molecule has 3 aromatic rings. The molecule has 0 saturated heterocycles. The fourth-order valence-corrected chi connectivity index (χ4v) is 4.14. The summed E-state index contributed by atoms with van der Waals surface area (Å²) in [7, 11) is 0. The summed E-state index contributed by atoms with van der Waals surface area (Å²) in [5.41, 5.74) is 3.37. The van der Waals surface area contributed by atoms with E-state index in [1.165, 1.54) is 48.5 Å². The Labute approximate surface area is 240 Å². The summed E-state index contributed by atoms with van der Waals surface area (Å²) < 4.78 is 27.6. The number of carbonyl (C=O) groups is 3. The molecular weight excluding hydrogens is 562 g/mol. The van der Waals surface area contributed by atoms with Crippen LogP contribution in [0.25, 0.3) is 10.8 Å². The number of benzene rings is 2. The summed E-state index contributed by atoms with van der Waals surface area (Å²) in [6.07, 6.45) is 2.59. The highest BCUT2D eigenvalue weighted by molar-refractivity contribution is 6.31. The summed E-state index contributed by atoms with van der Waals surface area (Å²) in [6, 6.07) is 8.85. The van der Waals surface area contributed by atoms with Crippen molar-refractivity contribution in [2.45, 2.75) is 32.4 Å². The maximum atomic E-state index is 13.9. The molecule has 14 heteroatoms. The van der Waals surface area contributed by atoms with Crippen LogP contribution in [-0.4, -0.2) is 65.8 Å². The topological polar surface area (TPSA) is 136 Å². The van der Waals surface area contributed by atoms with Crippen molar-refractivity contribution in [1.82, 2.24) is 26.1 Å². The fourth-order valence-electron chi connectivity index (χ4n) is 3.95. The molecule has 11 nitrogen and oxygen atoms in total. The zero-order chi connectivity index (χ0) is 29.8. The summed E-state index contributed by atoms with van der Waals surface area (Å²) in [6.45, 7) is 1.31. The Kier molecular flexibility index (Phi) is 12.2. The molecule has 0 aliphatic heterocycles. The van der Waals surface area contributed by atoms with Crippen molar-refractivity contribution >= 4 is 46.5 Å². The van der Waals surface area contributed by atoms with Gasteiger partial charge in [0.2, 0.25) is 12.3 Å². The Morgan fingerprint density at radius 1 is 1.15 bits per heavy atom. The van der Waals surface area contributed by atoms with Gasteiger partial charge in [0.25, 0.3) is 0 Å². The molecule has 0 aliphatic rings. The molecule has 1 aromatic heterocycles. The molecule has 3 rings (SSSR count). The lowest BCUT2D eigenvalue weighted by Gasteiger charge is -2.32. The Bertz CT molecular complexity index is 1350.